The number of hydrogen-bond donors (Lipinski definition) is 0. The van der Waals surface area contributed by atoms with E-state index in [-0.39, 0.29) is 34.7 Å². The molecule has 0 saturated heterocycles. The van der Waals surface area contributed by atoms with Gasteiger partial charge in [0.1, 0.15) is 6.61 Å². The van der Waals surface area contributed by atoms with Gasteiger partial charge in [-0.15, -0.1) is 0 Å². The molecule has 1 aliphatic carbocycles. The summed E-state index contributed by atoms with van der Waals surface area (Å²) in [5, 5.41) is 0. The van der Waals surface area contributed by atoms with Crippen LogP contribution in [-0.2, 0) is 9.53 Å². The quantitative estimate of drug-likeness (QED) is 0.562. The van der Waals surface area contributed by atoms with Crippen LogP contribution in [0.3, 0.4) is 0 Å². The normalized spacial score (nSPS) is 24.5. The summed E-state index contributed by atoms with van der Waals surface area (Å²) in [6.45, 7) is 19.9. The van der Waals surface area contributed by atoms with Crippen molar-refractivity contribution < 1.29 is 9.53 Å². The zero-order valence-electron chi connectivity index (χ0n) is 17.6. The van der Waals surface area contributed by atoms with Crippen LogP contribution in [0, 0.1) is 16.2 Å². The third kappa shape index (κ3) is 6.02. The second kappa shape index (κ2) is 7.72. The van der Waals surface area contributed by atoms with Crippen LogP contribution < -0.4 is 0 Å². The number of hydrogen-bond acceptors (Lipinski definition) is 2. The molecule has 0 aromatic heterocycles. The maximum Gasteiger partial charge on any atom is 0.163 e. The van der Waals surface area contributed by atoms with Crippen molar-refractivity contribution >= 4 is 5.78 Å². The predicted molar refractivity (Wildman–Crippen MR) is 103 cm³/mol. The molecule has 0 aliphatic heterocycles. The van der Waals surface area contributed by atoms with E-state index in [0.29, 0.717) is 0 Å². The van der Waals surface area contributed by atoms with E-state index in [1.807, 2.05) is 20.8 Å². The molecule has 1 aliphatic rings. The zero-order chi connectivity index (χ0) is 18.8. The first-order valence-corrected chi connectivity index (χ1v) is 9.63. The van der Waals surface area contributed by atoms with Crippen LogP contribution in [-0.4, -0.2) is 18.5 Å². The highest BCUT2D eigenvalue weighted by Crippen LogP contribution is 2.43. The Kier molecular flexibility index (Phi) is 6.89. The summed E-state index contributed by atoms with van der Waals surface area (Å²) in [4.78, 5) is 12.4. The molecule has 0 bridgehead atoms. The van der Waals surface area contributed by atoms with E-state index in [4.69, 9.17) is 4.74 Å². The fourth-order valence-corrected chi connectivity index (χ4v) is 3.56. The third-order valence-corrected chi connectivity index (χ3v) is 5.01. The molecular weight excluding hydrogens is 296 g/mol. The van der Waals surface area contributed by atoms with Gasteiger partial charge in [-0.1, -0.05) is 80.7 Å². The molecule has 0 aromatic carbocycles. The van der Waals surface area contributed by atoms with Crippen LogP contribution in [0.5, 0.6) is 0 Å². The summed E-state index contributed by atoms with van der Waals surface area (Å²) in [7, 11) is 0. The van der Waals surface area contributed by atoms with Crippen molar-refractivity contribution in [2.24, 2.45) is 16.2 Å². The first-order valence-electron chi connectivity index (χ1n) is 9.63. The predicted octanol–water partition coefficient (Wildman–Crippen LogP) is 6.34. The van der Waals surface area contributed by atoms with Crippen LogP contribution in [0.4, 0.5) is 0 Å². The van der Waals surface area contributed by atoms with Crippen molar-refractivity contribution in [3.05, 3.63) is 11.1 Å². The minimum Gasteiger partial charge on any atom is -0.366 e. The van der Waals surface area contributed by atoms with Crippen LogP contribution in [0.1, 0.15) is 94.4 Å². The van der Waals surface area contributed by atoms with Crippen LogP contribution in [0.2, 0.25) is 0 Å². The molecule has 2 heteroatoms. The Morgan fingerprint density at radius 3 is 1.96 bits per heavy atom. The summed E-state index contributed by atoms with van der Waals surface area (Å²) in [6, 6.07) is 0. The highest BCUT2D eigenvalue weighted by molar-refractivity contribution is 5.84. The fraction of sp³-hybridized carbons (Fsp3) is 0.864. The average molecular weight is 337 g/mol. The van der Waals surface area contributed by atoms with Gasteiger partial charge in [0.05, 0.1) is 6.10 Å². The second-order valence-corrected chi connectivity index (χ2v) is 10.5. The van der Waals surface area contributed by atoms with Gasteiger partial charge in [-0.3, -0.25) is 4.79 Å². The van der Waals surface area contributed by atoms with Crippen molar-refractivity contribution in [1.29, 1.82) is 0 Å². The molecule has 0 aromatic rings. The zero-order valence-corrected chi connectivity index (χ0v) is 17.6. The molecule has 1 unspecified atom stereocenters. The smallest absolute Gasteiger partial charge is 0.163 e. The number of rotatable bonds is 3. The highest BCUT2D eigenvalue weighted by atomic mass is 16.5. The molecular formula is C22H40O2. The number of Topliss-reactive ketones (excluding diaryl/α,β-unsaturated/α-hetero) is 1. The van der Waals surface area contributed by atoms with Gasteiger partial charge in [0.15, 0.2) is 5.78 Å². The van der Waals surface area contributed by atoms with Gasteiger partial charge in [-0.2, -0.15) is 0 Å². The summed E-state index contributed by atoms with van der Waals surface area (Å²) in [5.41, 5.74) is 2.87. The Labute approximate surface area is 150 Å². The molecule has 0 saturated carbocycles. The molecule has 140 valence electrons. The molecule has 0 fully saturated rings. The number of allylic oxidation sites excluding steroid dienone is 1. The first-order chi connectivity index (χ1) is 10.7. The maximum atomic E-state index is 12.4. The Hall–Kier alpha value is -0.630. The largest absolute Gasteiger partial charge is 0.366 e. The van der Waals surface area contributed by atoms with Crippen LogP contribution >= 0.6 is 0 Å². The molecule has 0 N–H and O–H groups in total. The van der Waals surface area contributed by atoms with Gasteiger partial charge in [0.25, 0.3) is 0 Å². The standard InChI is InChI=1S/C22H40O2/c1-20(2,3)16-13-11-10-12-14-17(19(16)22(7,8)9)24-15-18(23)21(4,5)6/h17H,10-15H2,1-9H3/b19-16-. The van der Waals surface area contributed by atoms with E-state index in [1.165, 1.54) is 24.8 Å². The minimum absolute atomic E-state index is 0.0649. The van der Waals surface area contributed by atoms with Crippen molar-refractivity contribution in [2.45, 2.75) is 101 Å². The molecule has 0 radical (unpaired) electrons. The number of carbonyl (C=O) groups excluding carboxylic acids is 1. The number of ether oxygens (including phenoxy) is 1. The van der Waals surface area contributed by atoms with E-state index in [9.17, 15) is 4.79 Å². The topological polar surface area (TPSA) is 26.3 Å². The van der Waals surface area contributed by atoms with E-state index >= 15 is 0 Å². The van der Waals surface area contributed by atoms with Crippen LogP contribution in [0.15, 0.2) is 11.1 Å². The summed E-state index contributed by atoms with van der Waals surface area (Å²) in [6.07, 6.45) is 5.97. The second-order valence-electron chi connectivity index (χ2n) is 10.5. The van der Waals surface area contributed by atoms with Crippen molar-refractivity contribution in [1.82, 2.24) is 0 Å². The molecule has 0 heterocycles. The monoisotopic (exact) mass is 336 g/mol. The summed E-state index contributed by atoms with van der Waals surface area (Å²) >= 11 is 0. The molecule has 2 nitrogen and oxygen atoms in total. The first kappa shape index (κ1) is 21.4. The van der Waals surface area contributed by atoms with Gasteiger partial charge < -0.3 is 4.74 Å². The van der Waals surface area contributed by atoms with E-state index in [2.05, 4.69) is 41.5 Å². The lowest BCUT2D eigenvalue weighted by molar-refractivity contribution is -0.132. The van der Waals surface area contributed by atoms with Gasteiger partial charge >= 0.3 is 0 Å². The molecule has 0 amide bonds. The van der Waals surface area contributed by atoms with Crippen LogP contribution in [0.25, 0.3) is 0 Å². The Morgan fingerprint density at radius 1 is 0.917 bits per heavy atom. The summed E-state index contributed by atoms with van der Waals surface area (Å²) < 4.78 is 6.26. The fourth-order valence-electron chi connectivity index (χ4n) is 3.56. The minimum atomic E-state index is -0.333. The van der Waals surface area contributed by atoms with E-state index in [0.717, 1.165) is 12.8 Å². The maximum absolute atomic E-state index is 12.4. The summed E-state index contributed by atoms with van der Waals surface area (Å²) in [5.74, 6) is 0.190. The molecule has 0 spiro atoms. The molecule has 24 heavy (non-hydrogen) atoms. The highest BCUT2D eigenvalue weighted by Gasteiger charge is 2.34. The molecule has 1 rings (SSSR count). The lowest BCUT2D eigenvalue weighted by Gasteiger charge is -2.39. The SMILES string of the molecule is CC(C)(C)C(=O)COC1CCCCC/C(C(C)(C)C)=C\1C(C)(C)C. The lowest BCUT2D eigenvalue weighted by atomic mass is 9.70. The Morgan fingerprint density at radius 2 is 1.50 bits per heavy atom. The molecule has 1 atom stereocenters. The van der Waals surface area contributed by atoms with Gasteiger partial charge in [0.2, 0.25) is 0 Å². The van der Waals surface area contributed by atoms with E-state index < -0.39 is 0 Å². The van der Waals surface area contributed by atoms with Gasteiger partial charge in [-0.25, -0.2) is 0 Å². The van der Waals surface area contributed by atoms with Gasteiger partial charge in [0, 0.05) is 5.41 Å². The Bertz CT molecular complexity index is 464. The van der Waals surface area contributed by atoms with Crippen molar-refractivity contribution in [3.63, 3.8) is 0 Å². The lowest BCUT2D eigenvalue weighted by Crippen LogP contribution is -2.34. The van der Waals surface area contributed by atoms with Crippen molar-refractivity contribution in [2.75, 3.05) is 6.61 Å². The van der Waals surface area contributed by atoms with Gasteiger partial charge in [-0.05, 0) is 35.7 Å². The third-order valence-electron chi connectivity index (χ3n) is 5.01. The Balaban J connectivity index is 3.21. The average Bonchev–Trinajstić information content (AvgIpc) is 2.32. The number of ketones is 1. The van der Waals surface area contributed by atoms with Crippen molar-refractivity contribution in [3.8, 4) is 0 Å². The van der Waals surface area contributed by atoms with E-state index in [1.54, 1.807) is 5.57 Å². The number of carbonyl (C=O) groups is 1.